The molecule has 1 unspecified atom stereocenters. The third-order valence-corrected chi connectivity index (χ3v) is 4.45. The van der Waals surface area contributed by atoms with Crippen molar-refractivity contribution in [1.29, 1.82) is 0 Å². The lowest BCUT2D eigenvalue weighted by atomic mass is 9.99. The molecule has 0 aliphatic heterocycles. The quantitative estimate of drug-likeness (QED) is 0.840. The number of benzene rings is 2. The molecule has 0 radical (unpaired) electrons. The van der Waals surface area contributed by atoms with Crippen molar-refractivity contribution in [3.8, 4) is 0 Å². The van der Waals surface area contributed by atoms with Gasteiger partial charge in [-0.05, 0) is 48.1 Å². The molecular weight excluding hydrogens is 277 g/mol. The molecule has 1 atom stereocenters. The van der Waals surface area contributed by atoms with Crippen LogP contribution in [0.5, 0.6) is 0 Å². The molecule has 0 aromatic heterocycles. The molecule has 2 aromatic carbocycles. The summed E-state index contributed by atoms with van der Waals surface area (Å²) in [6.45, 7) is 0.429. The van der Waals surface area contributed by atoms with Crippen molar-refractivity contribution in [3.63, 3.8) is 0 Å². The Morgan fingerprint density at radius 1 is 1.14 bits per heavy atom. The second kappa shape index (κ2) is 7.03. The molecule has 0 amide bonds. The van der Waals surface area contributed by atoms with Crippen LogP contribution in [0.25, 0.3) is 0 Å². The molecule has 1 aliphatic rings. The predicted octanol–water partition coefficient (Wildman–Crippen LogP) is 3.88. The van der Waals surface area contributed by atoms with Gasteiger partial charge in [0.25, 0.3) is 0 Å². The van der Waals surface area contributed by atoms with Crippen molar-refractivity contribution in [2.24, 2.45) is 0 Å². The Labute approximate surface area is 131 Å². The van der Waals surface area contributed by atoms with E-state index in [1.165, 1.54) is 30.0 Å². The summed E-state index contributed by atoms with van der Waals surface area (Å²) >= 11 is 0. The van der Waals surface area contributed by atoms with Crippen LogP contribution in [0.2, 0.25) is 0 Å². The Morgan fingerprint density at radius 2 is 2.00 bits per heavy atom. The van der Waals surface area contributed by atoms with Gasteiger partial charge in [0.1, 0.15) is 5.82 Å². The molecule has 2 aromatic rings. The first-order valence-electron chi connectivity index (χ1n) is 7.97. The van der Waals surface area contributed by atoms with Crippen LogP contribution >= 0.6 is 0 Å². The van der Waals surface area contributed by atoms with Gasteiger partial charge in [-0.25, -0.2) is 4.39 Å². The zero-order valence-electron chi connectivity index (χ0n) is 12.7. The lowest BCUT2D eigenvalue weighted by Gasteiger charge is -2.19. The van der Waals surface area contributed by atoms with E-state index >= 15 is 0 Å². The summed E-state index contributed by atoms with van der Waals surface area (Å²) in [6.07, 6.45) is 4.74. The fourth-order valence-corrected chi connectivity index (χ4v) is 3.23. The van der Waals surface area contributed by atoms with Crippen molar-refractivity contribution in [1.82, 2.24) is 5.32 Å². The SMILES string of the molecule is OCc1cc(CNC2CCCCc3ccccc32)ccc1F. The second-order valence-corrected chi connectivity index (χ2v) is 5.96. The van der Waals surface area contributed by atoms with Gasteiger partial charge < -0.3 is 10.4 Å². The maximum absolute atomic E-state index is 13.4. The number of nitrogens with one attached hydrogen (secondary N) is 1. The van der Waals surface area contributed by atoms with E-state index in [0.717, 1.165) is 18.4 Å². The molecule has 2 N–H and O–H groups in total. The van der Waals surface area contributed by atoms with Crippen molar-refractivity contribution >= 4 is 0 Å². The summed E-state index contributed by atoms with van der Waals surface area (Å²) in [7, 11) is 0. The van der Waals surface area contributed by atoms with Crippen LogP contribution in [0.15, 0.2) is 42.5 Å². The smallest absolute Gasteiger partial charge is 0.128 e. The van der Waals surface area contributed by atoms with Crippen LogP contribution in [0.4, 0.5) is 4.39 Å². The van der Waals surface area contributed by atoms with Crippen molar-refractivity contribution < 1.29 is 9.50 Å². The van der Waals surface area contributed by atoms with Crippen LogP contribution in [-0.2, 0) is 19.6 Å². The minimum absolute atomic E-state index is 0.258. The molecule has 116 valence electrons. The predicted molar refractivity (Wildman–Crippen MR) is 85.9 cm³/mol. The van der Waals surface area contributed by atoms with Crippen molar-refractivity contribution in [2.75, 3.05) is 0 Å². The summed E-state index contributed by atoms with van der Waals surface area (Å²) in [5.74, 6) is -0.342. The number of aryl methyl sites for hydroxylation is 1. The van der Waals surface area contributed by atoms with Crippen molar-refractivity contribution in [2.45, 2.75) is 44.9 Å². The van der Waals surface area contributed by atoms with Gasteiger partial charge in [0.05, 0.1) is 6.61 Å². The maximum atomic E-state index is 13.4. The van der Waals surface area contributed by atoms with Gasteiger partial charge in [0.2, 0.25) is 0 Å². The molecule has 3 heteroatoms. The fourth-order valence-electron chi connectivity index (χ4n) is 3.23. The average molecular weight is 299 g/mol. The molecule has 22 heavy (non-hydrogen) atoms. The van der Waals surface area contributed by atoms with Gasteiger partial charge in [0, 0.05) is 18.2 Å². The number of aliphatic hydroxyl groups excluding tert-OH is 1. The van der Waals surface area contributed by atoms with Gasteiger partial charge in [-0.2, -0.15) is 0 Å². The van der Waals surface area contributed by atoms with Gasteiger partial charge >= 0.3 is 0 Å². The number of rotatable bonds is 4. The fraction of sp³-hybridized carbons (Fsp3) is 0.368. The van der Waals surface area contributed by atoms with Crippen LogP contribution in [0.1, 0.15) is 47.6 Å². The van der Waals surface area contributed by atoms with E-state index < -0.39 is 0 Å². The van der Waals surface area contributed by atoms with E-state index in [4.69, 9.17) is 5.11 Å². The van der Waals surface area contributed by atoms with Crippen LogP contribution in [-0.4, -0.2) is 5.11 Å². The largest absolute Gasteiger partial charge is 0.392 e. The first-order chi connectivity index (χ1) is 10.8. The lowest BCUT2D eigenvalue weighted by Crippen LogP contribution is -2.21. The van der Waals surface area contributed by atoms with E-state index in [0.29, 0.717) is 18.2 Å². The third-order valence-electron chi connectivity index (χ3n) is 4.45. The zero-order chi connectivity index (χ0) is 15.4. The molecule has 0 saturated heterocycles. The minimum Gasteiger partial charge on any atom is -0.392 e. The molecular formula is C19H22FNO. The normalized spacial score (nSPS) is 17.8. The summed E-state index contributed by atoms with van der Waals surface area (Å²) < 4.78 is 13.4. The topological polar surface area (TPSA) is 32.3 Å². The van der Waals surface area contributed by atoms with Gasteiger partial charge in [0.15, 0.2) is 0 Å². The molecule has 0 heterocycles. The number of aliphatic hydroxyl groups is 1. The Kier molecular flexibility index (Phi) is 4.86. The maximum Gasteiger partial charge on any atom is 0.128 e. The van der Waals surface area contributed by atoms with E-state index in [1.807, 2.05) is 0 Å². The third kappa shape index (κ3) is 3.37. The Balaban J connectivity index is 1.73. The molecule has 0 spiro atoms. The summed E-state index contributed by atoms with van der Waals surface area (Å²) in [4.78, 5) is 0. The van der Waals surface area contributed by atoms with Crippen molar-refractivity contribution in [3.05, 3.63) is 70.5 Å². The molecule has 0 bridgehead atoms. The van der Waals surface area contributed by atoms with Crippen LogP contribution in [0, 0.1) is 5.82 Å². The average Bonchev–Trinajstić information content (AvgIpc) is 2.76. The number of hydrogen-bond acceptors (Lipinski definition) is 2. The second-order valence-electron chi connectivity index (χ2n) is 5.96. The number of hydrogen-bond donors (Lipinski definition) is 2. The first kappa shape index (κ1) is 15.2. The Bertz CT molecular complexity index is 641. The monoisotopic (exact) mass is 299 g/mol. The highest BCUT2D eigenvalue weighted by Crippen LogP contribution is 2.28. The van der Waals surface area contributed by atoms with E-state index in [-0.39, 0.29) is 12.4 Å². The van der Waals surface area contributed by atoms with Gasteiger partial charge in [-0.15, -0.1) is 0 Å². The minimum atomic E-state index is -0.342. The van der Waals surface area contributed by atoms with Gasteiger partial charge in [-0.3, -0.25) is 0 Å². The van der Waals surface area contributed by atoms with E-state index in [1.54, 1.807) is 12.1 Å². The summed E-state index contributed by atoms with van der Waals surface area (Å²) in [6, 6.07) is 13.9. The standard InChI is InChI=1S/C19H22FNO/c20-18-10-9-14(11-16(18)13-22)12-21-19-8-4-2-6-15-5-1-3-7-17(15)19/h1,3,5,7,9-11,19,21-22H,2,4,6,8,12-13H2. The molecule has 2 nitrogen and oxygen atoms in total. The van der Waals surface area contributed by atoms with E-state index in [9.17, 15) is 4.39 Å². The zero-order valence-corrected chi connectivity index (χ0v) is 12.7. The van der Waals surface area contributed by atoms with Crippen LogP contribution < -0.4 is 5.32 Å². The Hall–Kier alpha value is -1.71. The highest BCUT2D eigenvalue weighted by molar-refractivity contribution is 5.31. The van der Waals surface area contributed by atoms with Crippen LogP contribution in [0.3, 0.4) is 0 Å². The molecule has 0 fully saturated rings. The summed E-state index contributed by atoms with van der Waals surface area (Å²) in [5, 5.41) is 12.8. The highest BCUT2D eigenvalue weighted by atomic mass is 19.1. The lowest BCUT2D eigenvalue weighted by molar-refractivity contribution is 0.275. The molecule has 0 saturated carbocycles. The number of halogens is 1. The first-order valence-corrected chi connectivity index (χ1v) is 7.97. The summed E-state index contributed by atoms with van der Waals surface area (Å²) in [5.41, 5.74) is 4.20. The molecule has 3 rings (SSSR count). The van der Waals surface area contributed by atoms with Gasteiger partial charge in [-0.1, -0.05) is 36.8 Å². The Morgan fingerprint density at radius 3 is 2.86 bits per heavy atom. The van der Waals surface area contributed by atoms with E-state index in [2.05, 4.69) is 29.6 Å². The molecule has 1 aliphatic carbocycles. The highest BCUT2D eigenvalue weighted by Gasteiger charge is 2.17. The number of fused-ring (bicyclic) bond motifs is 1.